The van der Waals surface area contributed by atoms with E-state index in [0.717, 1.165) is 38.3 Å². The average molecular weight is 867 g/mol. The summed E-state index contributed by atoms with van der Waals surface area (Å²) in [5.41, 5.74) is -0.538. The number of ketones is 1. The number of aromatic hydroxyl groups is 3. The number of carbonyl (C=O) groups excluding carboxylic acids is 3. The number of oxime groups is 1. The second kappa shape index (κ2) is 21.8. The molecule has 3 aliphatic heterocycles. The second-order valence-electron chi connectivity index (χ2n) is 16.8. The van der Waals surface area contributed by atoms with Crippen LogP contribution >= 0.6 is 0 Å². The Kier molecular flexibility index (Phi) is 17.4. The number of aliphatic hydroxyl groups excluding tert-OH is 2. The monoisotopic (exact) mass is 866 g/mol. The molecule has 0 fully saturated rings. The normalized spacial score (nSPS) is 29.2. The maximum Gasteiger partial charge on any atom is 0.312 e. The van der Waals surface area contributed by atoms with Crippen LogP contribution in [0.1, 0.15) is 122 Å². The van der Waals surface area contributed by atoms with Crippen LogP contribution in [-0.2, 0) is 28.6 Å². The molecule has 0 radical (unpaired) electrons. The summed E-state index contributed by atoms with van der Waals surface area (Å²) in [4.78, 5) is 46.0. The van der Waals surface area contributed by atoms with Gasteiger partial charge >= 0.3 is 11.8 Å². The third-order valence-corrected chi connectivity index (χ3v) is 12.1. The third kappa shape index (κ3) is 10.9. The van der Waals surface area contributed by atoms with E-state index in [4.69, 9.17) is 23.8 Å². The molecule has 62 heavy (non-hydrogen) atoms. The molecule has 6 N–H and O–H groups in total. The SMILES string of the molecule is CCCCCCCCCO/N=C/c1c2c(O)c3c(O)c(C)c4c(c3c1O)C(=O)[C@@](C)(O/C=C/[C@H](OC)[C@@H](C)[C@@H](OC(C)=O)[C@H](C)[C@H](O)[C@H](C)[C@@H](O)[C@@H](C)/C=C/C=C(/C)C(=O)N2)O4. The van der Waals surface area contributed by atoms with E-state index >= 15 is 0 Å². The predicted octanol–water partition coefficient (Wildman–Crippen LogP) is 7.86. The predicted molar refractivity (Wildman–Crippen MR) is 235 cm³/mol. The number of nitrogens with one attached hydrogen (secondary N) is 1. The van der Waals surface area contributed by atoms with Gasteiger partial charge in [-0.1, -0.05) is 90.1 Å². The van der Waals surface area contributed by atoms with Crippen molar-refractivity contribution >= 4 is 40.3 Å². The van der Waals surface area contributed by atoms with Crippen molar-refractivity contribution in [3.05, 3.63) is 52.8 Å². The molecule has 1 amide bonds. The van der Waals surface area contributed by atoms with E-state index in [-0.39, 0.29) is 51.1 Å². The second-order valence-corrected chi connectivity index (χ2v) is 16.8. The largest absolute Gasteiger partial charge is 0.507 e. The Balaban J connectivity index is 1.87. The number of aliphatic hydroxyl groups is 2. The van der Waals surface area contributed by atoms with E-state index in [2.05, 4.69) is 17.4 Å². The quantitative estimate of drug-likeness (QED) is 0.0299. The first-order valence-electron chi connectivity index (χ1n) is 21.6. The molecule has 0 unspecified atom stereocenters. The molecule has 3 aliphatic rings. The fourth-order valence-electron chi connectivity index (χ4n) is 8.14. The number of esters is 1. The van der Waals surface area contributed by atoms with Gasteiger partial charge in [-0.05, 0) is 32.8 Å². The number of benzene rings is 2. The number of unbranched alkanes of at least 4 members (excludes halogenated alkanes) is 6. The van der Waals surface area contributed by atoms with Gasteiger partial charge in [-0.2, -0.15) is 0 Å². The number of phenolic OH excluding ortho intramolecular Hbond substituents is 3. The average Bonchev–Trinajstić information content (AvgIpc) is 3.50. The van der Waals surface area contributed by atoms with E-state index in [1.54, 1.807) is 39.8 Å². The minimum absolute atomic E-state index is 0.0426. The summed E-state index contributed by atoms with van der Waals surface area (Å²) in [5.74, 6) is -8.54. The van der Waals surface area contributed by atoms with E-state index < -0.39 is 88.8 Å². The highest BCUT2D eigenvalue weighted by atomic mass is 16.7. The van der Waals surface area contributed by atoms with Crippen LogP contribution in [0.5, 0.6) is 23.0 Å². The highest BCUT2D eigenvalue weighted by Crippen LogP contribution is 2.55. The van der Waals surface area contributed by atoms with Crippen molar-refractivity contribution in [3.8, 4) is 23.0 Å². The molecule has 2 aromatic carbocycles. The lowest BCUT2D eigenvalue weighted by Gasteiger charge is -2.38. The molecule has 15 nitrogen and oxygen atoms in total. The van der Waals surface area contributed by atoms with Crippen LogP contribution in [0.2, 0.25) is 0 Å². The zero-order valence-electron chi connectivity index (χ0n) is 37.7. The molecule has 15 heteroatoms. The summed E-state index contributed by atoms with van der Waals surface area (Å²) in [6, 6.07) is 0. The van der Waals surface area contributed by atoms with Crippen LogP contribution < -0.4 is 10.1 Å². The smallest absolute Gasteiger partial charge is 0.312 e. The number of methoxy groups -OCH3 is 1. The van der Waals surface area contributed by atoms with E-state index in [1.165, 1.54) is 66.1 Å². The maximum absolute atomic E-state index is 14.4. The number of nitrogens with zero attached hydrogens (tertiary/aromatic N) is 1. The molecule has 2 aromatic rings. The van der Waals surface area contributed by atoms with E-state index in [1.807, 2.05) is 0 Å². The van der Waals surface area contributed by atoms with Gasteiger partial charge in [0.2, 0.25) is 0 Å². The first kappa shape index (κ1) is 49.5. The number of Topliss-reactive ketones (excluding diaryl/α,β-unsaturated/α-hetero) is 1. The molecule has 0 aromatic heterocycles. The van der Waals surface area contributed by atoms with Crippen LogP contribution in [-0.4, -0.2) is 93.3 Å². The third-order valence-electron chi connectivity index (χ3n) is 12.1. The van der Waals surface area contributed by atoms with Crippen LogP contribution in [0.3, 0.4) is 0 Å². The summed E-state index contributed by atoms with van der Waals surface area (Å²) in [7, 11) is 1.43. The number of fused-ring (bicyclic) bond motifs is 14. The fraction of sp³-hybridized carbons (Fsp3) is 0.574. The number of ether oxygens (including phenoxy) is 4. The van der Waals surface area contributed by atoms with Gasteiger partial charge in [0.15, 0.2) is 5.75 Å². The Morgan fingerprint density at radius 2 is 1.56 bits per heavy atom. The molecule has 3 heterocycles. The molecule has 0 aliphatic carbocycles. The minimum Gasteiger partial charge on any atom is -0.507 e. The Morgan fingerprint density at radius 3 is 2.21 bits per heavy atom. The molecule has 0 saturated heterocycles. The highest BCUT2D eigenvalue weighted by Gasteiger charge is 2.50. The number of carbonyl (C=O) groups is 3. The van der Waals surface area contributed by atoms with Gasteiger partial charge in [0, 0.05) is 61.2 Å². The number of hydrogen-bond donors (Lipinski definition) is 6. The van der Waals surface area contributed by atoms with Crippen LogP contribution in [0.25, 0.3) is 10.8 Å². The zero-order valence-corrected chi connectivity index (χ0v) is 37.7. The van der Waals surface area contributed by atoms with E-state index in [9.17, 15) is 39.9 Å². The van der Waals surface area contributed by atoms with Crippen LogP contribution in [0, 0.1) is 30.6 Å². The van der Waals surface area contributed by atoms with Crippen LogP contribution in [0.4, 0.5) is 5.69 Å². The number of phenols is 3. The van der Waals surface area contributed by atoms with Crippen molar-refractivity contribution in [2.75, 3.05) is 19.0 Å². The molecular formula is C47H66N2O13. The lowest BCUT2D eigenvalue weighted by atomic mass is 9.78. The van der Waals surface area contributed by atoms with Crippen molar-refractivity contribution in [2.45, 2.75) is 137 Å². The summed E-state index contributed by atoms with van der Waals surface area (Å²) >= 11 is 0. The molecule has 342 valence electrons. The Hall–Kier alpha value is -5.12. The number of amides is 1. The summed E-state index contributed by atoms with van der Waals surface area (Å²) < 4.78 is 23.6. The number of rotatable bonds is 12. The van der Waals surface area contributed by atoms with Gasteiger partial charge in [-0.3, -0.25) is 14.4 Å². The molecule has 0 spiro atoms. The lowest BCUT2D eigenvalue weighted by molar-refractivity contribution is -0.160. The van der Waals surface area contributed by atoms with E-state index in [0.29, 0.717) is 0 Å². The first-order chi connectivity index (χ1) is 29.3. The number of anilines is 1. The number of hydrogen-bond acceptors (Lipinski definition) is 14. The fourth-order valence-corrected chi connectivity index (χ4v) is 8.14. The van der Waals surface area contributed by atoms with Crippen molar-refractivity contribution in [1.82, 2.24) is 0 Å². The maximum atomic E-state index is 14.4. The minimum atomic E-state index is -2.06. The number of allylic oxidation sites excluding steroid dienone is 2. The van der Waals surface area contributed by atoms with Gasteiger partial charge in [0.1, 0.15) is 30.0 Å². The zero-order chi connectivity index (χ0) is 46.1. The van der Waals surface area contributed by atoms with Crippen LogP contribution in [0.15, 0.2) is 41.3 Å². The molecule has 5 bridgehead atoms. The van der Waals surface area contributed by atoms with Gasteiger partial charge in [-0.15, -0.1) is 0 Å². The van der Waals surface area contributed by atoms with Crippen molar-refractivity contribution < 1.29 is 63.7 Å². The molecule has 9 atom stereocenters. The lowest BCUT2D eigenvalue weighted by Crippen LogP contribution is -2.46. The standard InChI is InChI=1S/C47H66N2O13/c1-11-12-13-14-15-16-17-22-60-48-24-32-37-42(55)35-34(41(32)54)36-44(30(7)40(35)53)62-47(9,45(36)56)59-23-21-33(58-10)27(4)43(61-31(8)50)29(6)39(52)28(5)38(51)25(2)19-18-20-26(3)46(57)49-37/h18-21,23-25,27-29,33,38-39,43,51-55H,11-17,22H2,1-10H3,(H,49,57)/b19-18+,23-21+,26-20-,48-24+/t25-,27+,28+,29+,33-,38-,39+,43+,47-/m0/s1. The topological polar surface area (TPSA) is 223 Å². The van der Waals surface area contributed by atoms with Crippen molar-refractivity contribution in [2.24, 2.45) is 28.8 Å². The van der Waals surface area contributed by atoms with Gasteiger partial charge in [-0.25, -0.2) is 0 Å². The highest BCUT2D eigenvalue weighted by molar-refractivity contribution is 6.23. The Morgan fingerprint density at radius 1 is 0.903 bits per heavy atom. The molecule has 5 rings (SSSR count). The summed E-state index contributed by atoms with van der Waals surface area (Å²) in [6.45, 7) is 14.9. The van der Waals surface area contributed by atoms with Gasteiger partial charge in [0.25, 0.3) is 11.7 Å². The van der Waals surface area contributed by atoms with Gasteiger partial charge in [0.05, 0.1) is 53.0 Å². The van der Waals surface area contributed by atoms with Crippen molar-refractivity contribution in [3.63, 3.8) is 0 Å². The Bertz CT molecular complexity index is 2060. The summed E-state index contributed by atoms with van der Waals surface area (Å²) in [6.07, 6.45) is 12.0. The van der Waals surface area contributed by atoms with Crippen molar-refractivity contribution in [1.29, 1.82) is 0 Å². The first-order valence-corrected chi connectivity index (χ1v) is 21.6. The van der Waals surface area contributed by atoms with Gasteiger partial charge < -0.3 is 54.6 Å². The molecular weight excluding hydrogens is 801 g/mol. The Labute approximate surface area is 364 Å². The molecule has 0 saturated carbocycles. The summed E-state index contributed by atoms with van der Waals surface area (Å²) in [5, 5.41) is 64.4.